The van der Waals surface area contributed by atoms with Crippen molar-refractivity contribution in [2.24, 2.45) is 0 Å². The van der Waals surface area contributed by atoms with Gasteiger partial charge in [0.05, 0.1) is 5.39 Å². The van der Waals surface area contributed by atoms with Crippen LogP contribution in [0.25, 0.3) is 33.3 Å². The summed E-state index contributed by atoms with van der Waals surface area (Å²) in [5, 5.41) is 1.33. The van der Waals surface area contributed by atoms with Gasteiger partial charge in [-0.1, -0.05) is 35.9 Å². The molecule has 1 aliphatic heterocycles. The van der Waals surface area contributed by atoms with E-state index in [4.69, 9.17) is 17.3 Å². The summed E-state index contributed by atoms with van der Waals surface area (Å²) in [6, 6.07) is 11.9. The minimum Gasteiger partial charge on any atom is -0.383 e. The Morgan fingerprint density at radius 3 is 2.39 bits per heavy atom. The number of hydrogen-bond acceptors (Lipinski definition) is 5. The number of benzene rings is 2. The molecule has 38 heavy (non-hydrogen) atoms. The number of anilines is 1. The molecule has 6 rings (SSSR count). The molecule has 0 bridgehead atoms. The predicted molar refractivity (Wildman–Crippen MR) is 153 cm³/mol. The number of aromatic nitrogens is 3. The fourth-order valence-corrected chi connectivity index (χ4v) is 6.68. The molecule has 0 atom stereocenters. The van der Waals surface area contributed by atoms with Crippen LogP contribution in [0.5, 0.6) is 0 Å². The Balaban J connectivity index is 1.32. The lowest BCUT2D eigenvalue weighted by Gasteiger charge is -2.41. The van der Waals surface area contributed by atoms with Crippen LogP contribution in [0.15, 0.2) is 48.9 Å². The van der Waals surface area contributed by atoms with Gasteiger partial charge in [-0.2, -0.15) is 0 Å². The minimum absolute atomic E-state index is 0.317. The summed E-state index contributed by atoms with van der Waals surface area (Å²) in [7, 11) is 2.20. The molecule has 1 saturated heterocycles. The van der Waals surface area contributed by atoms with Gasteiger partial charge in [0, 0.05) is 66.2 Å². The molecule has 2 fully saturated rings. The molecule has 1 aliphatic carbocycles. The van der Waals surface area contributed by atoms with Gasteiger partial charge in [0.25, 0.3) is 0 Å². The third kappa shape index (κ3) is 4.57. The molecule has 0 unspecified atom stereocenters. The van der Waals surface area contributed by atoms with Crippen molar-refractivity contribution in [3.05, 3.63) is 65.3 Å². The van der Waals surface area contributed by atoms with E-state index in [1.807, 2.05) is 31.2 Å². The lowest BCUT2D eigenvalue weighted by Crippen LogP contribution is -2.49. The summed E-state index contributed by atoms with van der Waals surface area (Å²) < 4.78 is 17.8. The van der Waals surface area contributed by atoms with E-state index in [2.05, 4.69) is 37.6 Å². The van der Waals surface area contributed by atoms with Gasteiger partial charge in [0.1, 0.15) is 23.6 Å². The zero-order valence-corrected chi connectivity index (χ0v) is 22.8. The van der Waals surface area contributed by atoms with E-state index in [1.54, 1.807) is 12.1 Å². The number of fused-ring (bicyclic) bond motifs is 1. The van der Waals surface area contributed by atoms with Crippen molar-refractivity contribution in [1.82, 2.24) is 24.3 Å². The fraction of sp³-hybridized carbons (Fsp3) is 0.400. The van der Waals surface area contributed by atoms with Crippen LogP contribution in [-0.4, -0.2) is 63.6 Å². The van der Waals surface area contributed by atoms with Gasteiger partial charge in [-0.3, -0.25) is 4.90 Å². The van der Waals surface area contributed by atoms with E-state index in [1.165, 1.54) is 19.2 Å². The first-order valence-corrected chi connectivity index (χ1v) is 13.9. The maximum Gasteiger partial charge on any atom is 0.146 e. The van der Waals surface area contributed by atoms with E-state index in [0.29, 0.717) is 28.5 Å². The second kappa shape index (κ2) is 10.3. The van der Waals surface area contributed by atoms with Crippen LogP contribution in [0.3, 0.4) is 0 Å². The number of halogens is 2. The molecule has 8 heteroatoms. The number of aryl methyl sites for hydroxylation is 1. The molecule has 198 valence electrons. The zero-order chi connectivity index (χ0) is 26.4. The number of rotatable bonds is 4. The van der Waals surface area contributed by atoms with Crippen molar-refractivity contribution in [3.8, 4) is 22.3 Å². The minimum atomic E-state index is -0.317. The van der Waals surface area contributed by atoms with Gasteiger partial charge in [-0.25, -0.2) is 14.4 Å². The quantitative estimate of drug-likeness (QED) is 0.340. The maximum absolute atomic E-state index is 15.6. The lowest BCUT2D eigenvalue weighted by atomic mass is 9.89. The number of hydrogen-bond donors (Lipinski definition) is 1. The number of nitrogens with zero attached hydrogens (tertiary/aromatic N) is 5. The van der Waals surface area contributed by atoms with Gasteiger partial charge < -0.3 is 15.2 Å². The largest absolute Gasteiger partial charge is 0.383 e. The highest BCUT2D eigenvalue weighted by Gasteiger charge is 2.30. The molecule has 2 aliphatic rings. The van der Waals surface area contributed by atoms with Crippen LogP contribution < -0.4 is 5.73 Å². The Hall–Kier alpha value is -3.00. The van der Waals surface area contributed by atoms with Gasteiger partial charge in [0.2, 0.25) is 0 Å². The normalized spacial score (nSPS) is 21.3. The Morgan fingerprint density at radius 2 is 1.68 bits per heavy atom. The van der Waals surface area contributed by atoms with Gasteiger partial charge in [-0.15, -0.1) is 0 Å². The lowest BCUT2D eigenvalue weighted by molar-refractivity contribution is 0.0828. The van der Waals surface area contributed by atoms with Crippen molar-refractivity contribution in [1.29, 1.82) is 0 Å². The molecule has 0 radical (unpaired) electrons. The van der Waals surface area contributed by atoms with Crippen LogP contribution in [0, 0.1) is 12.7 Å². The Morgan fingerprint density at radius 1 is 0.947 bits per heavy atom. The molecule has 2 N–H and O–H groups in total. The first kappa shape index (κ1) is 25.3. The van der Waals surface area contributed by atoms with Crippen molar-refractivity contribution in [3.63, 3.8) is 0 Å². The van der Waals surface area contributed by atoms with Crippen LogP contribution in [0.2, 0.25) is 5.02 Å². The third-order valence-electron chi connectivity index (χ3n) is 8.52. The molecular formula is C30H34ClFN6. The highest BCUT2D eigenvalue weighted by molar-refractivity contribution is 6.33. The topological polar surface area (TPSA) is 63.2 Å². The predicted octanol–water partition coefficient (Wildman–Crippen LogP) is 6.18. The Kier molecular flexibility index (Phi) is 6.84. The maximum atomic E-state index is 15.6. The first-order chi connectivity index (χ1) is 18.4. The Bertz CT molecular complexity index is 1450. The summed E-state index contributed by atoms with van der Waals surface area (Å²) in [4.78, 5) is 14.0. The van der Waals surface area contributed by atoms with E-state index in [9.17, 15) is 0 Å². The molecule has 4 aromatic rings. The Labute approximate surface area is 228 Å². The van der Waals surface area contributed by atoms with Crippen molar-refractivity contribution >= 4 is 28.5 Å². The highest BCUT2D eigenvalue weighted by Crippen LogP contribution is 2.40. The third-order valence-corrected chi connectivity index (χ3v) is 8.84. The molecule has 0 amide bonds. The summed E-state index contributed by atoms with van der Waals surface area (Å²) >= 11 is 6.44. The van der Waals surface area contributed by atoms with Crippen molar-refractivity contribution < 1.29 is 4.39 Å². The average molecular weight is 533 g/mol. The SMILES string of the molecule is Cc1cccc(Cl)c1-c1ccc(-c2cn(C3CCC(N4CCN(C)CC4)CC3)c3ncnc(N)c23)cc1F. The van der Waals surface area contributed by atoms with Crippen LogP contribution in [0.1, 0.15) is 37.3 Å². The number of nitrogen functional groups attached to an aromatic ring is 1. The van der Waals surface area contributed by atoms with E-state index in [0.717, 1.165) is 72.3 Å². The van der Waals surface area contributed by atoms with Gasteiger partial charge in [-0.05, 0) is 62.9 Å². The van der Waals surface area contributed by atoms with Crippen molar-refractivity contribution in [2.75, 3.05) is 39.0 Å². The molecule has 2 aromatic carbocycles. The van der Waals surface area contributed by atoms with Crippen molar-refractivity contribution in [2.45, 2.75) is 44.7 Å². The number of likely N-dealkylation sites (N-methyl/N-ethyl adjacent to an activating group) is 1. The smallest absolute Gasteiger partial charge is 0.146 e. The van der Waals surface area contributed by atoms with Crippen LogP contribution >= 0.6 is 11.6 Å². The van der Waals surface area contributed by atoms with Crippen LogP contribution in [0.4, 0.5) is 10.2 Å². The molecular weight excluding hydrogens is 499 g/mol. The molecule has 3 heterocycles. The van der Waals surface area contributed by atoms with Crippen LogP contribution in [-0.2, 0) is 0 Å². The molecule has 6 nitrogen and oxygen atoms in total. The monoisotopic (exact) mass is 532 g/mol. The fourth-order valence-electron chi connectivity index (χ4n) is 6.35. The summed E-state index contributed by atoms with van der Waals surface area (Å²) in [6.07, 6.45) is 8.14. The zero-order valence-electron chi connectivity index (χ0n) is 22.0. The molecule has 0 spiro atoms. The van der Waals surface area contributed by atoms with Gasteiger partial charge in [0.15, 0.2) is 0 Å². The van der Waals surface area contributed by atoms with E-state index >= 15 is 4.39 Å². The first-order valence-electron chi connectivity index (χ1n) is 13.5. The molecule has 2 aromatic heterocycles. The summed E-state index contributed by atoms with van der Waals surface area (Å²) in [6.45, 7) is 6.54. The second-order valence-electron chi connectivity index (χ2n) is 10.8. The summed E-state index contributed by atoms with van der Waals surface area (Å²) in [5.74, 6) is 0.101. The van der Waals surface area contributed by atoms with Gasteiger partial charge >= 0.3 is 0 Å². The van der Waals surface area contributed by atoms with E-state index < -0.39 is 0 Å². The second-order valence-corrected chi connectivity index (χ2v) is 11.2. The average Bonchev–Trinajstić information content (AvgIpc) is 3.31. The standard InChI is InChI=1S/C30H34ClFN6/c1-19-4-3-5-25(31)27(19)23-11-6-20(16-26(23)32)24-17-38(30-28(24)29(33)34-18-35-30)22-9-7-21(8-10-22)37-14-12-36(2)13-15-37/h3-6,11,16-18,21-22H,7-10,12-15H2,1-2H3,(H2,33,34,35). The highest BCUT2D eigenvalue weighted by atomic mass is 35.5. The van der Waals surface area contributed by atoms with E-state index in [-0.39, 0.29) is 5.82 Å². The number of piperazine rings is 1. The molecule has 1 saturated carbocycles. The summed E-state index contributed by atoms with van der Waals surface area (Å²) in [5.41, 5.74) is 11.0. The number of nitrogens with two attached hydrogens (primary N) is 1.